The lowest BCUT2D eigenvalue weighted by Crippen LogP contribution is -2.42. The molecule has 6 nitrogen and oxygen atoms in total. The van der Waals surface area contributed by atoms with Crippen molar-refractivity contribution in [2.75, 3.05) is 23.9 Å². The lowest BCUT2D eigenvalue weighted by atomic mass is 10.0. The van der Waals surface area contributed by atoms with Gasteiger partial charge >= 0.3 is 6.03 Å². The quantitative estimate of drug-likeness (QED) is 0.797. The van der Waals surface area contributed by atoms with Crippen LogP contribution in [0.1, 0.15) is 18.9 Å². The number of anilines is 2. The summed E-state index contributed by atoms with van der Waals surface area (Å²) in [7, 11) is 1.41. The van der Waals surface area contributed by atoms with Gasteiger partial charge in [-0.2, -0.15) is 0 Å². The highest BCUT2D eigenvalue weighted by atomic mass is 16.6. The molecule has 19 heavy (non-hydrogen) atoms. The van der Waals surface area contributed by atoms with Crippen LogP contribution in [0.3, 0.4) is 0 Å². The minimum atomic E-state index is -0.282. The Morgan fingerprint density at radius 1 is 1.37 bits per heavy atom. The van der Waals surface area contributed by atoms with Gasteiger partial charge in [0.2, 0.25) is 5.91 Å². The van der Waals surface area contributed by atoms with Crippen molar-refractivity contribution in [2.24, 2.45) is 0 Å². The van der Waals surface area contributed by atoms with Crippen LogP contribution in [0.15, 0.2) is 18.2 Å². The third kappa shape index (κ3) is 3.03. The number of hydrogen-bond acceptors (Lipinski definition) is 3. The second-order valence-electron chi connectivity index (χ2n) is 4.39. The Balaban J connectivity index is 2.25. The summed E-state index contributed by atoms with van der Waals surface area (Å²) in [6.07, 6.45) is 1.77. The van der Waals surface area contributed by atoms with Crippen molar-refractivity contribution < 1.29 is 14.4 Å². The van der Waals surface area contributed by atoms with E-state index in [2.05, 4.69) is 15.6 Å². The molecule has 0 unspecified atom stereocenters. The summed E-state index contributed by atoms with van der Waals surface area (Å²) in [5.74, 6) is -0.107. The van der Waals surface area contributed by atoms with E-state index in [0.29, 0.717) is 6.54 Å². The first-order valence-corrected chi connectivity index (χ1v) is 6.13. The number of carbonyl (C=O) groups excluding carboxylic acids is 2. The maximum absolute atomic E-state index is 11.8. The van der Waals surface area contributed by atoms with Crippen LogP contribution in [0.2, 0.25) is 0 Å². The lowest BCUT2D eigenvalue weighted by molar-refractivity contribution is -0.114. The smallest absolute Gasteiger partial charge is 0.326 e. The Morgan fingerprint density at radius 2 is 2.16 bits per heavy atom. The molecular weight excluding hydrogens is 246 g/mol. The molecule has 1 aromatic rings. The van der Waals surface area contributed by atoms with E-state index in [1.54, 1.807) is 11.0 Å². The number of carbonyl (C=O) groups is 2. The molecule has 0 radical (unpaired) electrons. The van der Waals surface area contributed by atoms with E-state index in [1.165, 1.54) is 14.0 Å². The predicted molar refractivity (Wildman–Crippen MR) is 72.0 cm³/mol. The van der Waals surface area contributed by atoms with Crippen LogP contribution in [0.5, 0.6) is 0 Å². The third-order valence-corrected chi connectivity index (χ3v) is 2.95. The fourth-order valence-electron chi connectivity index (χ4n) is 2.23. The van der Waals surface area contributed by atoms with Gasteiger partial charge in [-0.05, 0) is 36.6 Å². The molecule has 1 heterocycles. The number of rotatable bonds is 2. The van der Waals surface area contributed by atoms with Gasteiger partial charge in [-0.1, -0.05) is 0 Å². The van der Waals surface area contributed by atoms with Crippen molar-refractivity contribution >= 4 is 23.3 Å². The summed E-state index contributed by atoms with van der Waals surface area (Å²) in [5.41, 5.74) is 4.97. The summed E-state index contributed by atoms with van der Waals surface area (Å²) in [6.45, 7) is 2.12. The molecule has 2 rings (SSSR count). The number of urea groups is 1. The van der Waals surface area contributed by atoms with E-state index >= 15 is 0 Å². The van der Waals surface area contributed by atoms with E-state index in [-0.39, 0.29) is 11.9 Å². The first-order valence-electron chi connectivity index (χ1n) is 6.13. The summed E-state index contributed by atoms with van der Waals surface area (Å²) >= 11 is 0. The van der Waals surface area contributed by atoms with Gasteiger partial charge in [0.1, 0.15) is 0 Å². The molecule has 0 saturated heterocycles. The Bertz CT molecular complexity index is 502. The minimum absolute atomic E-state index is 0.107. The number of amides is 3. The molecule has 0 spiro atoms. The summed E-state index contributed by atoms with van der Waals surface area (Å²) in [6, 6.07) is 5.26. The maximum Gasteiger partial charge on any atom is 0.345 e. The van der Waals surface area contributed by atoms with Crippen molar-refractivity contribution in [2.45, 2.75) is 19.8 Å². The van der Waals surface area contributed by atoms with Gasteiger partial charge in [0.05, 0.1) is 7.11 Å². The van der Waals surface area contributed by atoms with Crippen LogP contribution in [0, 0.1) is 0 Å². The van der Waals surface area contributed by atoms with Crippen LogP contribution >= 0.6 is 0 Å². The van der Waals surface area contributed by atoms with E-state index in [4.69, 9.17) is 0 Å². The number of benzene rings is 1. The van der Waals surface area contributed by atoms with E-state index in [1.807, 2.05) is 12.1 Å². The zero-order valence-electron chi connectivity index (χ0n) is 11.0. The van der Waals surface area contributed by atoms with Crippen molar-refractivity contribution in [3.8, 4) is 0 Å². The number of fused-ring (bicyclic) bond motifs is 1. The van der Waals surface area contributed by atoms with Gasteiger partial charge in [0.15, 0.2) is 0 Å². The van der Waals surface area contributed by atoms with Crippen molar-refractivity contribution in [3.05, 3.63) is 23.8 Å². The topological polar surface area (TPSA) is 70.7 Å². The molecule has 1 aliphatic heterocycles. The molecule has 1 aliphatic rings. The first kappa shape index (κ1) is 13.4. The van der Waals surface area contributed by atoms with Crippen LogP contribution in [-0.2, 0) is 16.1 Å². The Hall–Kier alpha value is -2.08. The number of nitrogens with zero attached hydrogens (tertiary/aromatic N) is 1. The number of aryl methyl sites for hydroxylation is 1. The Labute approximate surface area is 111 Å². The Kier molecular flexibility index (Phi) is 4.01. The van der Waals surface area contributed by atoms with E-state index < -0.39 is 0 Å². The molecule has 102 valence electrons. The molecule has 0 aromatic heterocycles. The molecule has 3 amide bonds. The van der Waals surface area contributed by atoms with Crippen LogP contribution in [0.4, 0.5) is 16.2 Å². The molecular formula is C13H17N3O3. The first-order chi connectivity index (χ1) is 9.11. The normalized spacial score (nSPS) is 13.7. The molecule has 0 atom stereocenters. The highest BCUT2D eigenvalue weighted by Gasteiger charge is 2.22. The molecule has 0 fully saturated rings. The average Bonchev–Trinajstić information content (AvgIpc) is 2.37. The minimum Gasteiger partial charge on any atom is -0.326 e. The fourth-order valence-corrected chi connectivity index (χ4v) is 2.23. The molecule has 0 aliphatic carbocycles. The number of nitrogens with one attached hydrogen (secondary N) is 2. The van der Waals surface area contributed by atoms with Crippen molar-refractivity contribution in [3.63, 3.8) is 0 Å². The maximum atomic E-state index is 11.8. The third-order valence-electron chi connectivity index (χ3n) is 2.95. The van der Waals surface area contributed by atoms with Crippen LogP contribution in [0.25, 0.3) is 0 Å². The Morgan fingerprint density at radius 3 is 2.84 bits per heavy atom. The molecule has 0 bridgehead atoms. The molecule has 0 saturated carbocycles. The summed E-state index contributed by atoms with van der Waals surface area (Å²) in [5, 5.41) is 2.74. The lowest BCUT2D eigenvalue weighted by Gasteiger charge is -2.29. The number of hydrogen-bond donors (Lipinski definition) is 2. The molecule has 6 heteroatoms. The summed E-state index contributed by atoms with van der Waals surface area (Å²) in [4.78, 5) is 29.2. The number of hydroxylamine groups is 1. The molecule has 1 aromatic carbocycles. The molecule has 2 N–H and O–H groups in total. The van der Waals surface area contributed by atoms with Gasteiger partial charge in [-0.15, -0.1) is 0 Å². The van der Waals surface area contributed by atoms with Gasteiger partial charge in [-0.3, -0.25) is 14.5 Å². The van der Waals surface area contributed by atoms with Gasteiger partial charge in [0, 0.05) is 24.8 Å². The highest BCUT2D eigenvalue weighted by molar-refractivity contribution is 5.94. The fraction of sp³-hybridized carbons (Fsp3) is 0.385. The summed E-state index contributed by atoms with van der Waals surface area (Å²) < 4.78 is 0. The largest absolute Gasteiger partial charge is 0.345 e. The standard InChI is InChI=1S/C13H17N3O3/c1-9(17)14-11-5-6-12-10(8-11)4-3-7-16(12)13(18)15-19-2/h5-6,8H,3-4,7H2,1-2H3,(H,14,17)(H,15,18). The van der Waals surface area contributed by atoms with Gasteiger partial charge in [0.25, 0.3) is 0 Å². The van der Waals surface area contributed by atoms with Crippen LogP contribution < -0.4 is 15.7 Å². The predicted octanol–water partition coefficient (Wildman–Crippen LogP) is 1.67. The van der Waals surface area contributed by atoms with Crippen LogP contribution in [-0.4, -0.2) is 25.6 Å². The van der Waals surface area contributed by atoms with Gasteiger partial charge in [-0.25, -0.2) is 10.3 Å². The SMILES string of the molecule is CONC(=O)N1CCCc2cc(NC(C)=O)ccc21. The highest BCUT2D eigenvalue weighted by Crippen LogP contribution is 2.29. The average molecular weight is 263 g/mol. The van der Waals surface area contributed by atoms with E-state index in [0.717, 1.165) is 29.8 Å². The zero-order chi connectivity index (χ0) is 13.8. The second kappa shape index (κ2) is 5.71. The van der Waals surface area contributed by atoms with Crippen molar-refractivity contribution in [1.29, 1.82) is 0 Å². The zero-order valence-corrected chi connectivity index (χ0v) is 11.0. The van der Waals surface area contributed by atoms with Gasteiger partial charge < -0.3 is 5.32 Å². The second-order valence-corrected chi connectivity index (χ2v) is 4.39. The van der Waals surface area contributed by atoms with Crippen molar-refractivity contribution in [1.82, 2.24) is 5.48 Å². The van der Waals surface area contributed by atoms with E-state index in [9.17, 15) is 9.59 Å². The monoisotopic (exact) mass is 263 g/mol.